The van der Waals surface area contributed by atoms with Crippen LogP contribution in [-0.2, 0) is 0 Å². The third kappa shape index (κ3) is 5.54. The van der Waals surface area contributed by atoms with Gasteiger partial charge in [0.2, 0.25) is 0 Å². The molecule has 0 atom stereocenters. The molecule has 0 fully saturated rings. The predicted molar refractivity (Wildman–Crippen MR) is 47.6 cm³/mol. The Morgan fingerprint density at radius 2 is 2.20 bits per heavy atom. The van der Waals surface area contributed by atoms with Crippen LogP contribution in [0.5, 0.6) is 0 Å². The standard InChI is InChI=1S/C9H17N/c1-8(2)5-6-9(3)7-10-4/h6,8H,4-5,7H2,1-3H3/b9-6-. The smallest absolute Gasteiger partial charge is 0.0589 e. The third-order valence-corrected chi connectivity index (χ3v) is 1.30. The van der Waals surface area contributed by atoms with Crippen molar-refractivity contribution in [1.82, 2.24) is 0 Å². The summed E-state index contributed by atoms with van der Waals surface area (Å²) in [5.74, 6) is 0.750. The van der Waals surface area contributed by atoms with Crippen LogP contribution in [0.25, 0.3) is 0 Å². The minimum atomic E-state index is 0.750. The first-order chi connectivity index (χ1) is 4.66. The SMILES string of the molecule is C=NC/C(C)=C\CC(C)C. The third-order valence-electron chi connectivity index (χ3n) is 1.30. The lowest BCUT2D eigenvalue weighted by Crippen LogP contribution is -1.86. The van der Waals surface area contributed by atoms with Crippen molar-refractivity contribution in [2.24, 2.45) is 10.9 Å². The van der Waals surface area contributed by atoms with E-state index < -0.39 is 0 Å². The minimum absolute atomic E-state index is 0.750. The number of aliphatic imine (C=N–C) groups is 1. The lowest BCUT2D eigenvalue weighted by Gasteiger charge is -1.99. The average molecular weight is 139 g/mol. The lowest BCUT2D eigenvalue weighted by atomic mass is 10.1. The average Bonchev–Trinajstić information content (AvgIpc) is 1.85. The zero-order chi connectivity index (χ0) is 7.98. The van der Waals surface area contributed by atoms with Crippen molar-refractivity contribution in [3.05, 3.63) is 11.6 Å². The molecule has 0 spiro atoms. The van der Waals surface area contributed by atoms with E-state index in [0.29, 0.717) is 0 Å². The summed E-state index contributed by atoms with van der Waals surface area (Å²) in [5.41, 5.74) is 1.32. The maximum atomic E-state index is 3.80. The van der Waals surface area contributed by atoms with Crippen molar-refractivity contribution in [1.29, 1.82) is 0 Å². The summed E-state index contributed by atoms with van der Waals surface area (Å²) in [6.45, 7) is 10.7. The maximum Gasteiger partial charge on any atom is 0.0589 e. The molecule has 10 heavy (non-hydrogen) atoms. The molecule has 0 N–H and O–H groups in total. The van der Waals surface area contributed by atoms with E-state index in [1.807, 2.05) is 0 Å². The highest BCUT2D eigenvalue weighted by Gasteiger charge is 1.89. The highest BCUT2D eigenvalue weighted by molar-refractivity contribution is 5.24. The van der Waals surface area contributed by atoms with E-state index in [9.17, 15) is 0 Å². The molecule has 1 nitrogen and oxygen atoms in total. The zero-order valence-corrected chi connectivity index (χ0v) is 7.22. The monoisotopic (exact) mass is 139 g/mol. The number of nitrogens with zero attached hydrogens (tertiary/aromatic N) is 1. The Bertz CT molecular complexity index is 123. The van der Waals surface area contributed by atoms with Crippen LogP contribution in [0.1, 0.15) is 27.2 Å². The quantitative estimate of drug-likeness (QED) is 0.419. The second-order valence-corrected chi connectivity index (χ2v) is 3.06. The Balaban J connectivity index is 3.57. The van der Waals surface area contributed by atoms with Gasteiger partial charge in [-0.05, 0) is 26.0 Å². The molecule has 0 heterocycles. The molecule has 0 aromatic rings. The normalized spacial score (nSPS) is 12.2. The molecule has 0 aliphatic carbocycles. The van der Waals surface area contributed by atoms with Gasteiger partial charge in [-0.2, -0.15) is 0 Å². The summed E-state index contributed by atoms with van der Waals surface area (Å²) >= 11 is 0. The fourth-order valence-electron chi connectivity index (χ4n) is 0.678. The Morgan fingerprint density at radius 3 is 2.60 bits per heavy atom. The summed E-state index contributed by atoms with van der Waals surface area (Å²) in [4.78, 5) is 3.80. The summed E-state index contributed by atoms with van der Waals surface area (Å²) in [6, 6.07) is 0. The first-order valence-corrected chi connectivity index (χ1v) is 3.75. The van der Waals surface area contributed by atoms with Crippen LogP contribution >= 0.6 is 0 Å². The van der Waals surface area contributed by atoms with Crippen LogP contribution in [0.2, 0.25) is 0 Å². The Labute approximate surface area is 63.9 Å². The van der Waals surface area contributed by atoms with Gasteiger partial charge in [-0.3, -0.25) is 4.99 Å². The first kappa shape index (κ1) is 9.41. The summed E-state index contributed by atoms with van der Waals surface area (Å²) in [6.07, 6.45) is 3.39. The number of hydrogen-bond donors (Lipinski definition) is 0. The Morgan fingerprint density at radius 1 is 1.60 bits per heavy atom. The van der Waals surface area contributed by atoms with Gasteiger partial charge in [-0.25, -0.2) is 0 Å². The Hall–Kier alpha value is -0.590. The molecular formula is C9H17N. The van der Waals surface area contributed by atoms with E-state index >= 15 is 0 Å². The fourth-order valence-corrected chi connectivity index (χ4v) is 0.678. The highest BCUT2D eigenvalue weighted by Crippen LogP contribution is 2.03. The van der Waals surface area contributed by atoms with Crippen molar-refractivity contribution in [3.8, 4) is 0 Å². The molecule has 0 aromatic carbocycles. The zero-order valence-electron chi connectivity index (χ0n) is 7.22. The van der Waals surface area contributed by atoms with Gasteiger partial charge in [-0.1, -0.05) is 25.5 Å². The molecule has 58 valence electrons. The molecule has 0 amide bonds. The molecule has 1 heteroatoms. The van der Waals surface area contributed by atoms with Gasteiger partial charge in [0.1, 0.15) is 0 Å². The topological polar surface area (TPSA) is 12.4 Å². The van der Waals surface area contributed by atoms with Crippen molar-refractivity contribution in [2.75, 3.05) is 6.54 Å². The van der Waals surface area contributed by atoms with Gasteiger partial charge < -0.3 is 0 Å². The second kappa shape index (κ2) is 5.21. The fraction of sp³-hybridized carbons (Fsp3) is 0.667. The number of rotatable bonds is 4. The first-order valence-electron chi connectivity index (χ1n) is 3.75. The van der Waals surface area contributed by atoms with Gasteiger partial charge in [0.25, 0.3) is 0 Å². The summed E-state index contributed by atoms with van der Waals surface area (Å²) < 4.78 is 0. The number of hydrogen-bond acceptors (Lipinski definition) is 1. The second-order valence-electron chi connectivity index (χ2n) is 3.06. The van der Waals surface area contributed by atoms with Crippen molar-refractivity contribution >= 4 is 6.72 Å². The lowest BCUT2D eigenvalue weighted by molar-refractivity contribution is 0.660. The molecule has 0 rings (SSSR count). The van der Waals surface area contributed by atoms with E-state index in [-0.39, 0.29) is 0 Å². The molecule has 0 radical (unpaired) electrons. The number of allylic oxidation sites excluding steroid dienone is 1. The van der Waals surface area contributed by atoms with E-state index in [4.69, 9.17) is 0 Å². The van der Waals surface area contributed by atoms with Gasteiger partial charge in [0.15, 0.2) is 0 Å². The van der Waals surface area contributed by atoms with Crippen LogP contribution in [0, 0.1) is 5.92 Å². The van der Waals surface area contributed by atoms with Gasteiger partial charge in [0, 0.05) is 0 Å². The van der Waals surface area contributed by atoms with Crippen molar-refractivity contribution in [3.63, 3.8) is 0 Å². The van der Waals surface area contributed by atoms with Crippen LogP contribution in [-0.4, -0.2) is 13.3 Å². The van der Waals surface area contributed by atoms with Gasteiger partial charge in [-0.15, -0.1) is 0 Å². The molecule has 0 unspecified atom stereocenters. The van der Waals surface area contributed by atoms with Crippen LogP contribution in [0.15, 0.2) is 16.6 Å². The molecule has 0 aliphatic heterocycles. The van der Waals surface area contributed by atoms with Crippen LogP contribution in [0.3, 0.4) is 0 Å². The maximum absolute atomic E-state index is 3.80. The Kier molecular flexibility index (Phi) is 4.91. The molecule has 0 bridgehead atoms. The summed E-state index contributed by atoms with van der Waals surface area (Å²) in [7, 11) is 0. The molecule has 0 saturated heterocycles. The minimum Gasteiger partial charge on any atom is -0.297 e. The van der Waals surface area contributed by atoms with E-state index in [1.165, 1.54) is 5.57 Å². The van der Waals surface area contributed by atoms with Gasteiger partial charge in [0.05, 0.1) is 6.54 Å². The van der Waals surface area contributed by atoms with E-state index in [2.05, 4.69) is 38.6 Å². The molecule has 0 aromatic heterocycles. The van der Waals surface area contributed by atoms with Crippen LogP contribution in [0.4, 0.5) is 0 Å². The van der Waals surface area contributed by atoms with Gasteiger partial charge >= 0.3 is 0 Å². The molecular weight excluding hydrogens is 122 g/mol. The van der Waals surface area contributed by atoms with Crippen LogP contribution < -0.4 is 0 Å². The molecule has 0 saturated carbocycles. The van der Waals surface area contributed by atoms with Crippen molar-refractivity contribution in [2.45, 2.75) is 27.2 Å². The van der Waals surface area contributed by atoms with Crippen molar-refractivity contribution < 1.29 is 0 Å². The predicted octanol–water partition coefficient (Wildman–Crippen LogP) is 2.68. The largest absolute Gasteiger partial charge is 0.297 e. The summed E-state index contributed by atoms with van der Waals surface area (Å²) in [5, 5.41) is 0. The highest BCUT2D eigenvalue weighted by atomic mass is 14.7. The van der Waals surface area contributed by atoms with E-state index in [0.717, 1.165) is 18.9 Å². The molecule has 0 aliphatic rings. The van der Waals surface area contributed by atoms with E-state index in [1.54, 1.807) is 0 Å².